The molecular formula is C13H18FNO2. The number of hydrogen-bond acceptors (Lipinski definition) is 3. The van der Waals surface area contributed by atoms with Crippen molar-refractivity contribution in [1.29, 1.82) is 0 Å². The van der Waals surface area contributed by atoms with Crippen molar-refractivity contribution in [2.75, 3.05) is 13.2 Å². The summed E-state index contributed by atoms with van der Waals surface area (Å²) >= 11 is 0. The Bertz CT molecular complexity index is 368. The monoisotopic (exact) mass is 239 g/mol. The summed E-state index contributed by atoms with van der Waals surface area (Å²) in [6, 6.07) is 6.06. The zero-order chi connectivity index (χ0) is 12.7. The molecule has 3 nitrogen and oxygen atoms in total. The summed E-state index contributed by atoms with van der Waals surface area (Å²) in [6.07, 6.45) is 0.213. The van der Waals surface area contributed by atoms with E-state index in [1.54, 1.807) is 19.1 Å². The molecule has 0 heterocycles. The van der Waals surface area contributed by atoms with Crippen LogP contribution in [0, 0.1) is 5.82 Å². The largest absolute Gasteiger partial charge is 0.466 e. The maximum absolute atomic E-state index is 13.1. The quantitative estimate of drug-likeness (QED) is 0.775. The molecule has 94 valence electrons. The van der Waals surface area contributed by atoms with Crippen LogP contribution in [0.25, 0.3) is 0 Å². The minimum atomic E-state index is -0.297. The molecule has 0 aliphatic heterocycles. The van der Waals surface area contributed by atoms with Gasteiger partial charge in [0, 0.05) is 6.04 Å². The lowest BCUT2D eigenvalue weighted by Gasteiger charge is -2.17. The summed E-state index contributed by atoms with van der Waals surface area (Å²) in [6.45, 7) is 4.78. The van der Waals surface area contributed by atoms with Crippen molar-refractivity contribution < 1.29 is 13.9 Å². The highest BCUT2D eigenvalue weighted by atomic mass is 19.1. The number of rotatable bonds is 6. The topological polar surface area (TPSA) is 38.3 Å². The second-order valence-electron chi connectivity index (χ2n) is 3.67. The van der Waals surface area contributed by atoms with Crippen LogP contribution in [-0.4, -0.2) is 19.1 Å². The summed E-state index contributed by atoms with van der Waals surface area (Å²) in [5.41, 5.74) is 0.764. The van der Waals surface area contributed by atoms with Crippen molar-refractivity contribution in [1.82, 2.24) is 5.32 Å². The number of hydrogen-bond donors (Lipinski definition) is 1. The zero-order valence-corrected chi connectivity index (χ0v) is 10.2. The van der Waals surface area contributed by atoms with Crippen molar-refractivity contribution in [3.8, 4) is 0 Å². The van der Waals surface area contributed by atoms with E-state index in [1.807, 2.05) is 6.92 Å². The van der Waals surface area contributed by atoms with Gasteiger partial charge in [-0.2, -0.15) is 0 Å². The third-order valence-electron chi connectivity index (χ3n) is 2.38. The summed E-state index contributed by atoms with van der Waals surface area (Å²) in [5, 5.41) is 3.15. The van der Waals surface area contributed by atoms with Gasteiger partial charge in [0.1, 0.15) is 5.82 Å². The smallest absolute Gasteiger partial charge is 0.307 e. The first-order valence-electron chi connectivity index (χ1n) is 5.81. The standard InChI is InChI=1S/C13H18FNO2/c1-3-15-12(9-13(16)17-4-2)10-6-5-7-11(14)8-10/h5-8,12,15H,3-4,9H2,1-2H3. The van der Waals surface area contributed by atoms with Gasteiger partial charge in [-0.15, -0.1) is 0 Å². The van der Waals surface area contributed by atoms with Crippen molar-refractivity contribution in [2.45, 2.75) is 26.3 Å². The Morgan fingerprint density at radius 2 is 2.24 bits per heavy atom. The molecule has 1 unspecified atom stereocenters. The maximum Gasteiger partial charge on any atom is 0.307 e. The SMILES string of the molecule is CCNC(CC(=O)OCC)c1cccc(F)c1. The average Bonchev–Trinajstić information content (AvgIpc) is 2.29. The average molecular weight is 239 g/mol. The Balaban J connectivity index is 2.74. The van der Waals surface area contributed by atoms with Crippen LogP contribution in [0.5, 0.6) is 0 Å². The lowest BCUT2D eigenvalue weighted by molar-refractivity contribution is -0.143. The Kier molecular flexibility index (Phi) is 5.63. The Morgan fingerprint density at radius 3 is 2.82 bits per heavy atom. The fraction of sp³-hybridized carbons (Fsp3) is 0.462. The summed E-state index contributed by atoms with van der Waals surface area (Å²) in [4.78, 5) is 11.4. The lowest BCUT2D eigenvalue weighted by Crippen LogP contribution is -2.24. The van der Waals surface area contributed by atoms with E-state index in [0.717, 1.165) is 5.56 Å². The molecule has 1 N–H and O–H groups in total. The second-order valence-corrected chi connectivity index (χ2v) is 3.67. The minimum absolute atomic E-state index is 0.199. The van der Waals surface area contributed by atoms with Gasteiger partial charge in [-0.1, -0.05) is 19.1 Å². The maximum atomic E-state index is 13.1. The highest BCUT2D eigenvalue weighted by molar-refractivity contribution is 5.70. The van der Waals surface area contributed by atoms with E-state index in [2.05, 4.69) is 5.32 Å². The number of nitrogens with one attached hydrogen (secondary N) is 1. The van der Waals surface area contributed by atoms with Crippen LogP contribution < -0.4 is 5.32 Å². The fourth-order valence-corrected chi connectivity index (χ4v) is 1.66. The van der Waals surface area contributed by atoms with E-state index in [1.165, 1.54) is 12.1 Å². The molecule has 4 heteroatoms. The molecule has 0 saturated carbocycles. The number of ether oxygens (including phenoxy) is 1. The van der Waals surface area contributed by atoms with Gasteiger partial charge in [-0.05, 0) is 31.2 Å². The third kappa shape index (κ3) is 4.53. The summed E-state index contributed by atoms with van der Waals surface area (Å²) in [7, 11) is 0. The number of carbonyl (C=O) groups excluding carboxylic acids is 1. The number of benzene rings is 1. The lowest BCUT2D eigenvalue weighted by atomic mass is 10.0. The van der Waals surface area contributed by atoms with Crippen molar-refractivity contribution in [2.24, 2.45) is 0 Å². The predicted molar refractivity (Wildman–Crippen MR) is 64.1 cm³/mol. The van der Waals surface area contributed by atoms with Crippen LogP contribution in [0.4, 0.5) is 4.39 Å². The molecule has 0 spiro atoms. The fourth-order valence-electron chi connectivity index (χ4n) is 1.66. The van der Waals surface area contributed by atoms with E-state index in [9.17, 15) is 9.18 Å². The molecule has 1 aromatic carbocycles. The highest BCUT2D eigenvalue weighted by Crippen LogP contribution is 2.18. The molecule has 17 heavy (non-hydrogen) atoms. The van der Waals surface area contributed by atoms with Gasteiger partial charge >= 0.3 is 5.97 Å². The van der Waals surface area contributed by atoms with Crippen LogP contribution >= 0.6 is 0 Å². The molecule has 0 fully saturated rings. The normalized spacial score (nSPS) is 12.2. The number of esters is 1. The van der Waals surface area contributed by atoms with Gasteiger partial charge in [-0.25, -0.2) is 4.39 Å². The van der Waals surface area contributed by atoms with Crippen LogP contribution in [-0.2, 0) is 9.53 Å². The first-order chi connectivity index (χ1) is 8.17. The van der Waals surface area contributed by atoms with Gasteiger partial charge in [0.2, 0.25) is 0 Å². The van der Waals surface area contributed by atoms with Crippen molar-refractivity contribution in [3.63, 3.8) is 0 Å². The molecule has 1 atom stereocenters. The first-order valence-corrected chi connectivity index (χ1v) is 5.81. The van der Waals surface area contributed by atoms with E-state index in [4.69, 9.17) is 4.74 Å². The Hall–Kier alpha value is -1.42. The van der Waals surface area contributed by atoms with E-state index in [0.29, 0.717) is 13.2 Å². The highest BCUT2D eigenvalue weighted by Gasteiger charge is 2.16. The van der Waals surface area contributed by atoms with Crippen LogP contribution in [0.1, 0.15) is 31.9 Å². The molecule has 0 amide bonds. The molecule has 0 aliphatic carbocycles. The molecule has 1 aromatic rings. The van der Waals surface area contributed by atoms with Crippen LogP contribution in [0.2, 0.25) is 0 Å². The van der Waals surface area contributed by atoms with E-state index >= 15 is 0 Å². The molecular weight excluding hydrogens is 221 g/mol. The molecule has 0 bridgehead atoms. The second kappa shape index (κ2) is 7.01. The Labute approximate surface area is 101 Å². The molecule has 0 saturated heterocycles. The molecule has 1 rings (SSSR count). The Morgan fingerprint density at radius 1 is 1.47 bits per heavy atom. The third-order valence-corrected chi connectivity index (χ3v) is 2.38. The van der Waals surface area contributed by atoms with Gasteiger partial charge in [0.05, 0.1) is 13.0 Å². The van der Waals surface area contributed by atoms with Crippen LogP contribution in [0.15, 0.2) is 24.3 Å². The summed E-state index contributed by atoms with van der Waals surface area (Å²) in [5.74, 6) is -0.572. The zero-order valence-electron chi connectivity index (χ0n) is 10.2. The van der Waals surface area contributed by atoms with E-state index < -0.39 is 0 Å². The first kappa shape index (κ1) is 13.6. The number of carbonyl (C=O) groups is 1. The van der Waals surface area contributed by atoms with Gasteiger partial charge in [0.25, 0.3) is 0 Å². The minimum Gasteiger partial charge on any atom is -0.466 e. The molecule has 0 aliphatic rings. The molecule has 0 aromatic heterocycles. The molecule has 0 radical (unpaired) electrons. The van der Waals surface area contributed by atoms with E-state index in [-0.39, 0.29) is 24.2 Å². The van der Waals surface area contributed by atoms with Crippen molar-refractivity contribution in [3.05, 3.63) is 35.6 Å². The van der Waals surface area contributed by atoms with Crippen LogP contribution in [0.3, 0.4) is 0 Å². The number of halogens is 1. The van der Waals surface area contributed by atoms with Gasteiger partial charge in [0.15, 0.2) is 0 Å². The van der Waals surface area contributed by atoms with Gasteiger partial charge in [-0.3, -0.25) is 4.79 Å². The van der Waals surface area contributed by atoms with Gasteiger partial charge < -0.3 is 10.1 Å². The predicted octanol–water partition coefficient (Wildman–Crippen LogP) is 2.43. The summed E-state index contributed by atoms with van der Waals surface area (Å²) < 4.78 is 18.0. The van der Waals surface area contributed by atoms with Crippen molar-refractivity contribution >= 4 is 5.97 Å².